The molecule has 120 valence electrons. The summed E-state index contributed by atoms with van der Waals surface area (Å²) in [5, 5.41) is 0. The molecule has 0 aliphatic carbocycles. The van der Waals surface area contributed by atoms with E-state index in [2.05, 4.69) is 27.7 Å². The molecule has 0 N–H and O–H groups in total. The third kappa shape index (κ3) is 12.7. The van der Waals surface area contributed by atoms with Gasteiger partial charge in [-0.05, 0) is 18.3 Å². The molecule has 0 saturated heterocycles. The first-order chi connectivity index (χ1) is 9.60. The fourth-order valence-corrected chi connectivity index (χ4v) is 2.85. The zero-order valence-electron chi connectivity index (χ0n) is 14.5. The van der Waals surface area contributed by atoms with E-state index < -0.39 is 0 Å². The molecular weight excluding hydrogens is 244 g/mol. The lowest BCUT2D eigenvalue weighted by Crippen LogP contribution is -2.06. The predicted molar refractivity (Wildman–Crippen MR) is 90.1 cm³/mol. The van der Waals surface area contributed by atoms with Gasteiger partial charge in [0.05, 0.1) is 0 Å². The van der Waals surface area contributed by atoms with Gasteiger partial charge in [-0.25, -0.2) is 0 Å². The van der Waals surface area contributed by atoms with Crippen LogP contribution in [-0.4, -0.2) is 5.78 Å². The summed E-state index contributed by atoms with van der Waals surface area (Å²) in [6.07, 6.45) is 14.4. The van der Waals surface area contributed by atoms with Crippen LogP contribution in [0.5, 0.6) is 0 Å². The Balaban J connectivity index is 3.51. The Bertz CT molecular complexity index is 222. The summed E-state index contributed by atoms with van der Waals surface area (Å²) in [5.41, 5.74) is 0. The van der Waals surface area contributed by atoms with Gasteiger partial charge in [-0.2, -0.15) is 0 Å². The fourth-order valence-electron chi connectivity index (χ4n) is 2.85. The second-order valence-electron chi connectivity index (χ2n) is 6.84. The van der Waals surface area contributed by atoms with Crippen molar-refractivity contribution in [1.82, 2.24) is 0 Å². The molecule has 1 nitrogen and oxygen atoms in total. The van der Waals surface area contributed by atoms with Crippen LogP contribution in [0.15, 0.2) is 0 Å². The van der Waals surface area contributed by atoms with Gasteiger partial charge in [0.25, 0.3) is 0 Å². The highest BCUT2D eigenvalue weighted by Gasteiger charge is 2.10. The molecule has 0 aromatic heterocycles. The highest BCUT2D eigenvalue weighted by molar-refractivity contribution is 5.78. The molecular formula is C19H38O. The fraction of sp³-hybridized carbons (Fsp3) is 0.947. The Kier molecular flexibility index (Phi) is 13.4. The van der Waals surface area contributed by atoms with E-state index in [4.69, 9.17) is 0 Å². The molecule has 0 radical (unpaired) electrons. The maximum Gasteiger partial charge on any atom is 0.133 e. The highest BCUT2D eigenvalue weighted by atomic mass is 16.1. The number of hydrogen-bond acceptors (Lipinski definition) is 1. The minimum absolute atomic E-state index is 0.493. The Morgan fingerprint density at radius 1 is 0.750 bits per heavy atom. The summed E-state index contributed by atoms with van der Waals surface area (Å²) in [5.74, 6) is 1.95. The van der Waals surface area contributed by atoms with Crippen molar-refractivity contribution in [3.63, 3.8) is 0 Å². The van der Waals surface area contributed by atoms with E-state index >= 15 is 0 Å². The molecule has 1 heteroatoms. The zero-order valence-corrected chi connectivity index (χ0v) is 14.5. The Labute approximate surface area is 127 Å². The van der Waals surface area contributed by atoms with Crippen molar-refractivity contribution in [3.05, 3.63) is 0 Å². The maximum absolute atomic E-state index is 11.9. The number of carbonyl (C=O) groups is 1. The average molecular weight is 283 g/mol. The van der Waals surface area contributed by atoms with Crippen molar-refractivity contribution >= 4 is 5.78 Å². The highest BCUT2D eigenvalue weighted by Crippen LogP contribution is 2.20. The van der Waals surface area contributed by atoms with Crippen LogP contribution < -0.4 is 0 Å². The Morgan fingerprint density at radius 2 is 1.35 bits per heavy atom. The van der Waals surface area contributed by atoms with Gasteiger partial charge in [0.15, 0.2) is 0 Å². The Morgan fingerprint density at radius 3 is 2.00 bits per heavy atom. The van der Waals surface area contributed by atoms with Crippen molar-refractivity contribution in [2.75, 3.05) is 0 Å². The third-order valence-electron chi connectivity index (χ3n) is 4.33. The second-order valence-corrected chi connectivity index (χ2v) is 6.84. The molecule has 0 heterocycles. The van der Waals surface area contributed by atoms with Gasteiger partial charge in [0.2, 0.25) is 0 Å². The van der Waals surface area contributed by atoms with E-state index in [0.717, 1.165) is 25.2 Å². The van der Waals surface area contributed by atoms with Crippen LogP contribution in [0.1, 0.15) is 105 Å². The Hall–Kier alpha value is -0.330. The van der Waals surface area contributed by atoms with Crippen LogP contribution in [0.2, 0.25) is 0 Å². The van der Waals surface area contributed by atoms with Crippen LogP contribution in [0.4, 0.5) is 0 Å². The summed E-state index contributed by atoms with van der Waals surface area (Å²) >= 11 is 0. The largest absolute Gasteiger partial charge is 0.300 e. The van der Waals surface area contributed by atoms with Crippen LogP contribution in [0.25, 0.3) is 0 Å². The van der Waals surface area contributed by atoms with E-state index in [1.54, 1.807) is 0 Å². The van der Waals surface area contributed by atoms with Crippen LogP contribution >= 0.6 is 0 Å². The minimum atomic E-state index is 0.493. The first-order valence-corrected chi connectivity index (χ1v) is 9.11. The van der Waals surface area contributed by atoms with E-state index in [-0.39, 0.29) is 0 Å². The van der Waals surface area contributed by atoms with Gasteiger partial charge in [0, 0.05) is 12.8 Å². The number of carbonyl (C=O) groups excluding carboxylic acids is 1. The number of unbranched alkanes of at least 4 members (excludes halogenated alkanes) is 4. The monoisotopic (exact) mass is 282 g/mol. The molecule has 0 rings (SSSR count). The standard InChI is InChI=1S/C19H38O/c1-5-7-9-10-15-19(20)16-18(4)14-11-13-17(3)12-8-6-2/h17-18H,5-16H2,1-4H3/t17-,18-/m1/s1. The molecule has 0 unspecified atom stereocenters. The SMILES string of the molecule is CCCCCCC(=O)C[C@H](C)CCC[C@H](C)CCCC. The molecule has 0 aromatic rings. The summed E-state index contributed by atoms with van der Waals surface area (Å²) < 4.78 is 0. The first-order valence-electron chi connectivity index (χ1n) is 9.11. The number of rotatable bonds is 14. The zero-order chi connectivity index (χ0) is 15.2. The van der Waals surface area contributed by atoms with Crippen molar-refractivity contribution in [3.8, 4) is 0 Å². The third-order valence-corrected chi connectivity index (χ3v) is 4.33. The van der Waals surface area contributed by atoms with Crippen LogP contribution in [0, 0.1) is 11.8 Å². The van der Waals surface area contributed by atoms with E-state index in [9.17, 15) is 4.79 Å². The van der Waals surface area contributed by atoms with Crippen molar-refractivity contribution < 1.29 is 4.79 Å². The van der Waals surface area contributed by atoms with Gasteiger partial charge in [0.1, 0.15) is 5.78 Å². The smallest absolute Gasteiger partial charge is 0.133 e. The summed E-state index contributed by atoms with van der Waals surface area (Å²) in [4.78, 5) is 11.9. The van der Waals surface area contributed by atoms with E-state index in [1.807, 2.05) is 0 Å². The number of ketones is 1. The molecule has 20 heavy (non-hydrogen) atoms. The average Bonchev–Trinajstić information content (AvgIpc) is 2.41. The molecule has 0 saturated carbocycles. The molecule has 0 aliphatic rings. The van der Waals surface area contributed by atoms with E-state index in [0.29, 0.717) is 11.7 Å². The van der Waals surface area contributed by atoms with Gasteiger partial charge in [-0.1, -0.05) is 85.5 Å². The lowest BCUT2D eigenvalue weighted by molar-refractivity contribution is -0.120. The molecule has 0 aromatic carbocycles. The molecule has 0 bridgehead atoms. The summed E-state index contributed by atoms with van der Waals surface area (Å²) in [6.45, 7) is 9.10. The van der Waals surface area contributed by atoms with Crippen molar-refractivity contribution in [1.29, 1.82) is 0 Å². The van der Waals surface area contributed by atoms with Gasteiger partial charge < -0.3 is 0 Å². The molecule has 0 spiro atoms. The van der Waals surface area contributed by atoms with Gasteiger partial charge >= 0.3 is 0 Å². The normalized spacial score (nSPS) is 14.2. The molecule has 0 aliphatic heterocycles. The van der Waals surface area contributed by atoms with Gasteiger partial charge in [-0.15, -0.1) is 0 Å². The molecule has 0 amide bonds. The molecule has 2 atom stereocenters. The topological polar surface area (TPSA) is 17.1 Å². The quantitative estimate of drug-likeness (QED) is 0.330. The lowest BCUT2D eigenvalue weighted by Gasteiger charge is -2.13. The second kappa shape index (κ2) is 13.6. The van der Waals surface area contributed by atoms with E-state index in [1.165, 1.54) is 57.8 Å². The predicted octanol–water partition coefficient (Wildman–Crippen LogP) is 6.55. The van der Waals surface area contributed by atoms with Crippen molar-refractivity contribution in [2.45, 2.75) is 105 Å². The first kappa shape index (κ1) is 19.7. The van der Waals surface area contributed by atoms with Crippen LogP contribution in [0.3, 0.4) is 0 Å². The number of hydrogen-bond donors (Lipinski definition) is 0. The van der Waals surface area contributed by atoms with Crippen LogP contribution in [-0.2, 0) is 4.79 Å². The maximum atomic E-state index is 11.9. The summed E-state index contributed by atoms with van der Waals surface area (Å²) in [7, 11) is 0. The molecule has 0 fully saturated rings. The number of Topliss-reactive ketones (excluding diaryl/α,β-unsaturated/α-hetero) is 1. The van der Waals surface area contributed by atoms with Crippen molar-refractivity contribution in [2.24, 2.45) is 11.8 Å². The lowest BCUT2D eigenvalue weighted by atomic mass is 9.92. The minimum Gasteiger partial charge on any atom is -0.300 e. The van der Waals surface area contributed by atoms with Gasteiger partial charge in [-0.3, -0.25) is 4.79 Å². The summed E-state index contributed by atoms with van der Waals surface area (Å²) in [6, 6.07) is 0.